The molecule has 3 aromatic carbocycles. The van der Waals surface area contributed by atoms with Crippen molar-refractivity contribution in [3.05, 3.63) is 122 Å². The van der Waals surface area contributed by atoms with Gasteiger partial charge in [-0.05, 0) is 72.4 Å². The van der Waals surface area contributed by atoms with Crippen LogP contribution in [0.3, 0.4) is 0 Å². The summed E-state index contributed by atoms with van der Waals surface area (Å²) in [5, 5.41) is 16.3. The maximum Gasteiger partial charge on any atom is 0.343 e. The second-order valence-corrected chi connectivity index (χ2v) is 10.9. The van der Waals surface area contributed by atoms with Crippen molar-refractivity contribution in [1.82, 2.24) is 5.32 Å². The number of non-ortho nitro benzene ring substituents is 1. The van der Waals surface area contributed by atoms with E-state index < -0.39 is 10.9 Å². The van der Waals surface area contributed by atoms with Crippen molar-refractivity contribution in [2.24, 2.45) is 4.99 Å². The molecular formula is C32H25N3O6S. The normalized spacial score (nSPS) is 12.8. The molecule has 0 saturated heterocycles. The molecule has 0 bridgehead atoms. The van der Waals surface area contributed by atoms with E-state index in [4.69, 9.17) is 14.1 Å². The monoisotopic (exact) mass is 579 g/mol. The number of nitro groups is 1. The highest BCUT2D eigenvalue weighted by atomic mass is 32.1. The van der Waals surface area contributed by atoms with Crippen LogP contribution in [0.2, 0.25) is 0 Å². The van der Waals surface area contributed by atoms with Gasteiger partial charge in [-0.1, -0.05) is 30.3 Å². The number of nitro benzene ring substituents is 1. The van der Waals surface area contributed by atoms with Gasteiger partial charge in [0, 0.05) is 28.8 Å². The highest BCUT2D eigenvalue weighted by Gasteiger charge is 2.25. The molecule has 10 heteroatoms. The molecule has 5 aromatic rings. The molecule has 0 saturated carbocycles. The Labute approximate surface area is 244 Å². The number of carbonyl (C=O) groups is 2. The van der Waals surface area contributed by atoms with Crippen molar-refractivity contribution in [3.8, 4) is 5.75 Å². The number of nitrogens with one attached hydrogen (secondary N) is 1. The average molecular weight is 580 g/mol. The van der Waals surface area contributed by atoms with E-state index in [1.807, 2.05) is 36.4 Å². The van der Waals surface area contributed by atoms with Crippen molar-refractivity contribution < 1.29 is 23.7 Å². The molecule has 0 atom stereocenters. The summed E-state index contributed by atoms with van der Waals surface area (Å²) in [5.74, 6) is 0.0822. The Morgan fingerprint density at radius 3 is 2.62 bits per heavy atom. The van der Waals surface area contributed by atoms with Crippen molar-refractivity contribution in [3.63, 3.8) is 0 Å². The van der Waals surface area contributed by atoms with Crippen LogP contribution in [0.15, 0.2) is 88.5 Å². The molecule has 42 heavy (non-hydrogen) atoms. The lowest BCUT2D eigenvalue weighted by molar-refractivity contribution is -0.384. The van der Waals surface area contributed by atoms with Gasteiger partial charge in [0.15, 0.2) is 0 Å². The molecule has 1 aliphatic rings. The van der Waals surface area contributed by atoms with Gasteiger partial charge in [0.1, 0.15) is 16.5 Å². The van der Waals surface area contributed by atoms with Gasteiger partial charge in [0.05, 0.1) is 28.9 Å². The number of aryl methyl sites for hydroxylation is 1. The fraction of sp³-hybridized carbons (Fsp3) is 0.156. The zero-order valence-corrected chi connectivity index (χ0v) is 23.2. The first-order valence-electron chi connectivity index (χ1n) is 13.5. The number of benzene rings is 3. The number of rotatable bonds is 8. The van der Waals surface area contributed by atoms with Crippen LogP contribution in [-0.4, -0.2) is 23.0 Å². The van der Waals surface area contributed by atoms with E-state index >= 15 is 0 Å². The number of aliphatic imine (C=N–C) groups is 1. The van der Waals surface area contributed by atoms with E-state index in [9.17, 15) is 19.7 Å². The number of thiophene rings is 1. The third kappa shape index (κ3) is 5.57. The van der Waals surface area contributed by atoms with Crippen molar-refractivity contribution in [2.75, 3.05) is 0 Å². The first-order chi connectivity index (χ1) is 20.5. The molecule has 1 aliphatic carbocycles. The first kappa shape index (κ1) is 27.1. The summed E-state index contributed by atoms with van der Waals surface area (Å²) in [7, 11) is 0. The van der Waals surface area contributed by atoms with Gasteiger partial charge in [-0.3, -0.25) is 14.9 Å². The quantitative estimate of drug-likeness (QED) is 0.0683. The Morgan fingerprint density at radius 2 is 1.83 bits per heavy atom. The lowest BCUT2D eigenvalue weighted by Gasteiger charge is -2.12. The van der Waals surface area contributed by atoms with Gasteiger partial charge >= 0.3 is 5.97 Å². The Kier molecular flexibility index (Phi) is 7.61. The van der Waals surface area contributed by atoms with E-state index in [1.54, 1.807) is 24.6 Å². The number of esters is 1. The summed E-state index contributed by atoms with van der Waals surface area (Å²) in [6.45, 7) is 0.270. The van der Waals surface area contributed by atoms with Crippen molar-refractivity contribution in [1.29, 1.82) is 0 Å². The summed E-state index contributed by atoms with van der Waals surface area (Å²) in [6.07, 6.45) is 7.01. The van der Waals surface area contributed by atoms with Gasteiger partial charge in [-0.2, -0.15) is 0 Å². The maximum absolute atomic E-state index is 13.4. The summed E-state index contributed by atoms with van der Waals surface area (Å²) < 4.78 is 11.2. The van der Waals surface area contributed by atoms with Crippen LogP contribution < -0.4 is 10.1 Å². The van der Waals surface area contributed by atoms with E-state index in [-0.39, 0.29) is 29.5 Å². The Balaban J connectivity index is 1.35. The minimum atomic E-state index is -0.653. The SMILES string of the molecule is O=C(Oc1ccc2ccccc2c1C=Nc1sc2c(c1C(=O)NCc1ccco1)CCCC2)c1ccc([N+](=O)[O-])cc1. The maximum atomic E-state index is 13.4. The van der Waals surface area contributed by atoms with Crippen LogP contribution in [-0.2, 0) is 19.4 Å². The molecule has 0 spiro atoms. The number of nitrogens with zero attached hydrogens (tertiary/aromatic N) is 2. The standard InChI is InChI=1S/C32H25N3O6S/c36-30(33-18-23-7-5-17-40-23)29-25-9-3-4-10-28(25)42-31(29)34-19-26-24-8-2-1-6-20(24)13-16-27(26)41-32(37)21-11-14-22(15-12-21)35(38)39/h1-2,5-8,11-17,19H,3-4,9-10,18H2,(H,33,36). The lowest BCUT2D eigenvalue weighted by atomic mass is 9.95. The highest BCUT2D eigenvalue weighted by molar-refractivity contribution is 7.16. The third-order valence-corrected chi connectivity index (χ3v) is 8.34. The third-order valence-electron chi connectivity index (χ3n) is 7.14. The van der Waals surface area contributed by atoms with E-state index in [1.165, 1.54) is 40.5 Å². The van der Waals surface area contributed by atoms with Gasteiger partial charge in [0.2, 0.25) is 0 Å². The second-order valence-electron chi connectivity index (χ2n) is 9.80. The number of hydrogen-bond acceptors (Lipinski definition) is 8. The molecule has 0 fully saturated rings. The minimum Gasteiger partial charge on any atom is -0.467 e. The lowest BCUT2D eigenvalue weighted by Crippen LogP contribution is -2.23. The average Bonchev–Trinajstić information content (AvgIpc) is 3.67. The Bertz CT molecular complexity index is 1820. The molecule has 1 N–H and O–H groups in total. The van der Waals surface area contributed by atoms with E-state index in [0.29, 0.717) is 21.9 Å². The van der Waals surface area contributed by atoms with Crippen molar-refractivity contribution >= 4 is 50.9 Å². The van der Waals surface area contributed by atoms with Crippen LogP contribution in [0.1, 0.15) is 55.3 Å². The zero-order valence-electron chi connectivity index (χ0n) is 22.4. The van der Waals surface area contributed by atoms with Crippen LogP contribution in [0.4, 0.5) is 10.7 Å². The van der Waals surface area contributed by atoms with Gasteiger partial charge in [-0.15, -0.1) is 11.3 Å². The van der Waals surface area contributed by atoms with Gasteiger partial charge in [0.25, 0.3) is 11.6 Å². The number of fused-ring (bicyclic) bond motifs is 2. The van der Waals surface area contributed by atoms with Crippen LogP contribution in [0, 0.1) is 10.1 Å². The smallest absolute Gasteiger partial charge is 0.343 e. The molecule has 0 radical (unpaired) electrons. The Hall–Kier alpha value is -5.09. The van der Waals surface area contributed by atoms with Crippen LogP contribution in [0.5, 0.6) is 5.75 Å². The second kappa shape index (κ2) is 11.8. The largest absolute Gasteiger partial charge is 0.467 e. The fourth-order valence-corrected chi connectivity index (χ4v) is 6.27. The fourth-order valence-electron chi connectivity index (χ4n) is 5.04. The molecule has 0 unspecified atom stereocenters. The summed E-state index contributed by atoms with van der Waals surface area (Å²) in [5.41, 5.74) is 2.25. The molecule has 6 rings (SSSR count). The number of furan rings is 1. The summed E-state index contributed by atoms with van der Waals surface area (Å²) in [6, 6.07) is 20.0. The number of ether oxygens (including phenoxy) is 1. The summed E-state index contributed by atoms with van der Waals surface area (Å²) in [4.78, 5) is 42.9. The highest BCUT2D eigenvalue weighted by Crippen LogP contribution is 2.40. The molecule has 2 heterocycles. The van der Waals surface area contributed by atoms with E-state index in [2.05, 4.69) is 5.32 Å². The predicted octanol–water partition coefficient (Wildman–Crippen LogP) is 7.18. The number of carbonyl (C=O) groups excluding carboxylic acids is 2. The molecule has 0 aliphatic heterocycles. The minimum absolute atomic E-state index is 0.118. The van der Waals surface area contributed by atoms with Crippen LogP contribution >= 0.6 is 11.3 Å². The summed E-state index contributed by atoms with van der Waals surface area (Å²) >= 11 is 1.51. The molecule has 1 amide bonds. The first-order valence-corrected chi connectivity index (χ1v) is 14.3. The molecule has 9 nitrogen and oxygen atoms in total. The topological polar surface area (TPSA) is 124 Å². The zero-order chi connectivity index (χ0) is 29.1. The van der Waals surface area contributed by atoms with Crippen molar-refractivity contribution in [2.45, 2.75) is 32.2 Å². The number of amides is 1. The van der Waals surface area contributed by atoms with E-state index in [0.717, 1.165) is 42.0 Å². The predicted molar refractivity (Wildman–Crippen MR) is 160 cm³/mol. The molecule has 2 aromatic heterocycles. The number of hydrogen-bond donors (Lipinski definition) is 1. The molecular weight excluding hydrogens is 554 g/mol. The van der Waals surface area contributed by atoms with Crippen LogP contribution in [0.25, 0.3) is 10.8 Å². The van der Waals surface area contributed by atoms with Gasteiger partial charge in [-0.25, -0.2) is 9.79 Å². The molecule has 210 valence electrons. The Morgan fingerprint density at radius 1 is 1.02 bits per heavy atom. The van der Waals surface area contributed by atoms with Gasteiger partial charge < -0.3 is 14.5 Å².